The van der Waals surface area contributed by atoms with Gasteiger partial charge in [-0.25, -0.2) is 0 Å². The molecule has 6 heteroatoms. The molecule has 1 saturated carbocycles. The summed E-state index contributed by atoms with van der Waals surface area (Å²) in [5.74, 6) is -0.154. The number of carbonyl (C=O) groups is 2. The maximum atomic E-state index is 12.2. The molecular formula is C16H24N2O4. The minimum Gasteiger partial charge on any atom is -0.481 e. The summed E-state index contributed by atoms with van der Waals surface area (Å²) >= 11 is 0. The van der Waals surface area contributed by atoms with Crippen molar-refractivity contribution >= 4 is 11.9 Å². The molecule has 6 nitrogen and oxygen atoms in total. The Morgan fingerprint density at radius 2 is 1.95 bits per heavy atom. The molecule has 1 aromatic rings. The number of nitrogens with one attached hydrogen (secondary N) is 1. The van der Waals surface area contributed by atoms with E-state index in [9.17, 15) is 9.59 Å². The van der Waals surface area contributed by atoms with Crippen molar-refractivity contribution in [1.82, 2.24) is 10.5 Å². The Balaban J connectivity index is 1.82. The van der Waals surface area contributed by atoms with Crippen LogP contribution in [-0.4, -0.2) is 28.2 Å². The largest absolute Gasteiger partial charge is 0.481 e. The molecule has 0 aromatic carbocycles. The predicted octanol–water partition coefficient (Wildman–Crippen LogP) is 2.54. The van der Waals surface area contributed by atoms with Gasteiger partial charge in [0.15, 0.2) is 0 Å². The fourth-order valence-corrected chi connectivity index (χ4v) is 3.35. The van der Waals surface area contributed by atoms with Gasteiger partial charge in [0.25, 0.3) is 0 Å². The highest BCUT2D eigenvalue weighted by atomic mass is 16.5. The predicted molar refractivity (Wildman–Crippen MR) is 80.5 cm³/mol. The molecule has 1 heterocycles. The molecular weight excluding hydrogens is 284 g/mol. The number of amides is 1. The van der Waals surface area contributed by atoms with Gasteiger partial charge in [-0.15, -0.1) is 0 Å². The van der Waals surface area contributed by atoms with E-state index in [1.807, 2.05) is 20.8 Å². The van der Waals surface area contributed by atoms with Crippen molar-refractivity contribution in [2.45, 2.75) is 64.8 Å². The average Bonchev–Trinajstić information content (AvgIpc) is 2.78. The molecule has 0 bridgehead atoms. The molecule has 1 aliphatic carbocycles. The molecule has 1 aromatic heterocycles. The van der Waals surface area contributed by atoms with Crippen LogP contribution in [0, 0.1) is 19.8 Å². The standard InChI is InChI=1S/C16H24N2O4/c1-9(15-10(2)18-22-11(15)3)8-14(19)17-13-6-4-12(5-7-13)16(20)21/h9,12-13H,4-8H2,1-3H3,(H,17,19)(H,20,21). The Kier molecular flexibility index (Phi) is 5.21. The molecule has 2 rings (SSSR count). The third-order valence-corrected chi connectivity index (χ3v) is 4.51. The summed E-state index contributed by atoms with van der Waals surface area (Å²) in [4.78, 5) is 23.1. The Morgan fingerprint density at radius 3 is 2.45 bits per heavy atom. The Morgan fingerprint density at radius 1 is 1.32 bits per heavy atom. The van der Waals surface area contributed by atoms with E-state index in [-0.39, 0.29) is 23.8 Å². The molecule has 1 unspecified atom stereocenters. The van der Waals surface area contributed by atoms with Crippen molar-refractivity contribution < 1.29 is 19.2 Å². The van der Waals surface area contributed by atoms with E-state index < -0.39 is 5.97 Å². The van der Waals surface area contributed by atoms with Crippen LogP contribution in [0.1, 0.15) is 62.0 Å². The lowest BCUT2D eigenvalue weighted by Gasteiger charge is -2.27. The fourth-order valence-electron chi connectivity index (χ4n) is 3.35. The van der Waals surface area contributed by atoms with Crippen molar-refractivity contribution in [2.24, 2.45) is 5.92 Å². The first kappa shape index (κ1) is 16.5. The second kappa shape index (κ2) is 6.94. The zero-order chi connectivity index (χ0) is 16.3. The Hall–Kier alpha value is -1.85. The lowest BCUT2D eigenvalue weighted by molar-refractivity contribution is -0.142. The zero-order valence-corrected chi connectivity index (χ0v) is 13.4. The van der Waals surface area contributed by atoms with Crippen molar-refractivity contribution in [3.8, 4) is 0 Å². The number of hydrogen-bond donors (Lipinski definition) is 2. The highest BCUT2D eigenvalue weighted by molar-refractivity contribution is 5.77. The topological polar surface area (TPSA) is 92.4 Å². The number of carboxylic acids is 1. The SMILES string of the molecule is Cc1noc(C)c1C(C)CC(=O)NC1CCC(C(=O)O)CC1. The zero-order valence-electron chi connectivity index (χ0n) is 13.4. The summed E-state index contributed by atoms with van der Waals surface area (Å²) in [6.45, 7) is 5.73. The smallest absolute Gasteiger partial charge is 0.306 e. The summed E-state index contributed by atoms with van der Waals surface area (Å²) in [5, 5.41) is 15.9. The quantitative estimate of drug-likeness (QED) is 0.872. The summed E-state index contributed by atoms with van der Waals surface area (Å²) in [6, 6.07) is 0.0972. The van der Waals surface area contributed by atoms with Gasteiger partial charge in [0.05, 0.1) is 11.6 Å². The van der Waals surface area contributed by atoms with Gasteiger partial charge < -0.3 is 14.9 Å². The van der Waals surface area contributed by atoms with Crippen molar-refractivity contribution in [1.29, 1.82) is 0 Å². The van der Waals surface area contributed by atoms with Crippen molar-refractivity contribution in [3.63, 3.8) is 0 Å². The maximum absolute atomic E-state index is 12.2. The third-order valence-electron chi connectivity index (χ3n) is 4.51. The lowest BCUT2D eigenvalue weighted by atomic mass is 9.86. The molecule has 1 aliphatic rings. The number of aromatic nitrogens is 1. The number of aryl methyl sites for hydroxylation is 2. The summed E-state index contributed by atoms with van der Waals surface area (Å²) in [7, 11) is 0. The molecule has 1 atom stereocenters. The molecule has 0 aliphatic heterocycles. The van der Waals surface area contributed by atoms with Crippen LogP contribution < -0.4 is 5.32 Å². The number of rotatable bonds is 5. The molecule has 0 radical (unpaired) electrons. The number of carboxylic acid groups (broad SMARTS) is 1. The van der Waals surface area contributed by atoms with Crippen LogP contribution in [0.15, 0.2) is 4.52 Å². The van der Waals surface area contributed by atoms with Crippen LogP contribution in [0.5, 0.6) is 0 Å². The first-order valence-corrected chi connectivity index (χ1v) is 7.83. The van der Waals surface area contributed by atoms with Gasteiger partial charge in [-0.2, -0.15) is 0 Å². The summed E-state index contributed by atoms with van der Waals surface area (Å²) in [5.41, 5.74) is 1.84. The van der Waals surface area contributed by atoms with E-state index in [2.05, 4.69) is 10.5 Å². The molecule has 1 amide bonds. The van der Waals surface area contributed by atoms with Crippen LogP contribution in [0.3, 0.4) is 0 Å². The molecule has 122 valence electrons. The molecule has 2 N–H and O–H groups in total. The summed E-state index contributed by atoms with van der Waals surface area (Å²) < 4.78 is 5.14. The van der Waals surface area contributed by atoms with Gasteiger partial charge in [0, 0.05) is 18.0 Å². The number of nitrogens with zero attached hydrogens (tertiary/aromatic N) is 1. The van der Waals surface area contributed by atoms with Crippen LogP contribution in [0.25, 0.3) is 0 Å². The van der Waals surface area contributed by atoms with E-state index in [1.54, 1.807) is 0 Å². The van der Waals surface area contributed by atoms with E-state index in [0.29, 0.717) is 19.3 Å². The lowest BCUT2D eigenvalue weighted by Crippen LogP contribution is -2.39. The van der Waals surface area contributed by atoms with Gasteiger partial charge in [0.1, 0.15) is 5.76 Å². The van der Waals surface area contributed by atoms with Crippen molar-refractivity contribution in [3.05, 3.63) is 17.0 Å². The second-order valence-electron chi connectivity index (χ2n) is 6.30. The molecule has 1 fully saturated rings. The Bertz CT molecular complexity index is 525. The van der Waals surface area contributed by atoms with E-state index in [0.717, 1.165) is 29.9 Å². The van der Waals surface area contributed by atoms with Gasteiger partial charge in [-0.05, 0) is 45.4 Å². The fraction of sp³-hybridized carbons (Fsp3) is 0.688. The number of carbonyl (C=O) groups excluding carboxylic acids is 1. The van der Waals surface area contributed by atoms with Gasteiger partial charge >= 0.3 is 5.97 Å². The van der Waals surface area contributed by atoms with Crippen LogP contribution in [0.4, 0.5) is 0 Å². The van der Waals surface area contributed by atoms with Gasteiger partial charge in [-0.1, -0.05) is 12.1 Å². The van der Waals surface area contributed by atoms with Crippen molar-refractivity contribution in [2.75, 3.05) is 0 Å². The minimum absolute atomic E-state index is 0.00581. The van der Waals surface area contributed by atoms with Crippen LogP contribution in [-0.2, 0) is 9.59 Å². The van der Waals surface area contributed by atoms with E-state index in [4.69, 9.17) is 9.63 Å². The maximum Gasteiger partial charge on any atom is 0.306 e. The molecule has 0 spiro atoms. The highest BCUT2D eigenvalue weighted by Gasteiger charge is 2.27. The molecule has 0 saturated heterocycles. The first-order chi connectivity index (χ1) is 10.4. The van der Waals surface area contributed by atoms with Crippen LogP contribution in [0.2, 0.25) is 0 Å². The van der Waals surface area contributed by atoms with Gasteiger partial charge in [-0.3, -0.25) is 9.59 Å². The number of aliphatic carboxylic acids is 1. The summed E-state index contributed by atoms with van der Waals surface area (Å²) in [6.07, 6.45) is 3.14. The minimum atomic E-state index is -0.725. The second-order valence-corrected chi connectivity index (χ2v) is 6.30. The highest BCUT2D eigenvalue weighted by Crippen LogP contribution is 2.27. The molecule has 22 heavy (non-hydrogen) atoms. The third kappa shape index (κ3) is 3.87. The van der Waals surface area contributed by atoms with E-state index in [1.165, 1.54) is 0 Å². The first-order valence-electron chi connectivity index (χ1n) is 7.83. The normalized spacial score (nSPS) is 23.0. The van der Waals surface area contributed by atoms with Crippen LogP contribution >= 0.6 is 0 Å². The van der Waals surface area contributed by atoms with E-state index >= 15 is 0 Å². The van der Waals surface area contributed by atoms with Gasteiger partial charge in [0.2, 0.25) is 5.91 Å². The average molecular weight is 308 g/mol. The monoisotopic (exact) mass is 308 g/mol. The Labute approximate surface area is 130 Å². The number of hydrogen-bond acceptors (Lipinski definition) is 4.